The summed E-state index contributed by atoms with van der Waals surface area (Å²) >= 11 is 0. The van der Waals surface area contributed by atoms with Gasteiger partial charge in [0.2, 0.25) is 0 Å². The van der Waals surface area contributed by atoms with E-state index in [9.17, 15) is 0 Å². The second-order valence-electron chi connectivity index (χ2n) is 7.69. The molecule has 4 rings (SSSR count). The van der Waals surface area contributed by atoms with Gasteiger partial charge in [0, 0.05) is 12.6 Å². The van der Waals surface area contributed by atoms with Gasteiger partial charge in [-0.05, 0) is 68.8 Å². The number of amidine groups is 1. The van der Waals surface area contributed by atoms with Crippen molar-refractivity contribution in [2.75, 3.05) is 12.4 Å². The number of nitrogens with zero attached hydrogens (tertiary/aromatic N) is 3. The molecule has 0 amide bonds. The summed E-state index contributed by atoms with van der Waals surface area (Å²) in [5.41, 5.74) is 3.58. The Labute approximate surface area is 182 Å². The molecule has 0 spiro atoms. The molecule has 1 aromatic heterocycles. The quantitative estimate of drug-likeness (QED) is 0.292. The van der Waals surface area contributed by atoms with Crippen LogP contribution in [0.1, 0.15) is 37.3 Å². The van der Waals surface area contributed by atoms with Crippen molar-refractivity contribution in [3.8, 4) is 22.8 Å². The predicted molar refractivity (Wildman–Crippen MR) is 127 cm³/mol. The first-order chi connectivity index (χ1) is 15.1. The summed E-state index contributed by atoms with van der Waals surface area (Å²) in [4.78, 5) is 3.90. The van der Waals surface area contributed by atoms with Crippen molar-refractivity contribution in [1.82, 2.24) is 9.78 Å². The van der Waals surface area contributed by atoms with Crippen molar-refractivity contribution in [1.29, 1.82) is 5.41 Å². The van der Waals surface area contributed by atoms with E-state index in [4.69, 9.17) is 15.2 Å². The number of aliphatic imine (C=N–C) groups is 1. The van der Waals surface area contributed by atoms with Crippen molar-refractivity contribution in [3.05, 3.63) is 72.3 Å². The van der Waals surface area contributed by atoms with Gasteiger partial charge >= 0.3 is 0 Å². The standard InChI is InChI=1S/C25H27N5O/c1-17-9-13-19(14-10-17)30-25(28-3)22(24(26)27-2)23(29-30)18-11-15-21(16-12-18)31-20-7-5-4-6-8-20/h4-8,11-12,15-16,19,26,28H,1-2,9-10,13-14H2,3H3. The molecular formula is C25H27N5O. The number of allylic oxidation sites excluding steroid dienone is 1. The van der Waals surface area contributed by atoms with Crippen LogP contribution in [-0.2, 0) is 0 Å². The Kier molecular flexibility index (Phi) is 5.98. The van der Waals surface area contributed by atoms with E-state index >= 15 is 0 Å². The number of anilines is 1. The third kappa shape index (κ3) is 4.28. The average molecular weight is 414 g/mol. The Morgan fingerprint density at radius 2 is 1.74 bits per heavy atom. The van der Waals surface area contributed by atoms with Gasteiger partial charge < -0.3 is 10.1 Å². The third-order valence-corrected chi connectivity index (χ3v) is 5.66. The van der Waals surface area contributed by atoms with Gasteiger partial charge in [0.1, 0.15) is 23.0 Å². The molecule has 6 nitrogen and oxygen atoms in total. The van der Waals surface area contributed by atoms with E-state index in [2.05, 4.69) is 23.6 Å². The van der Waals surface area contributed by atoms with Gasteiger partial charge in [-0.1, -0.05) is 30.4 Å². The van der Waals surface area contributed by atoms with Crippen molar-refractivity contribution in [3.63, 3.8) is 0 Å². The van der Waals surface area contributed by atoms with Crippen LogP contribution in [0.3, 0.4) is 0 Å². The van der Waals surface area contributed by atoms with E-state index in [0.717, 1.165) is 54.3 Å². The van der Waals surface area contributed by atoms with Crippen LogP contribution in [0.4, 0.5) is 5.82 Å². The first-order valence-corrected chi connectivity index (χ1v) is 10.5. The number of aromatic nitrogens is 2. The fourth-order valence-corrected chi connectivity index (χ4v) is 4.00. The number of hydrogen-bond acceptors (Lipinski definition) is 4. The lowest BCUT2D eigenvalue weighted by molar-refractivity contribution is 0.373. The average Bonchev–Trinajstić information content (AvgIpc) is 3.20. The molecule has 0 atom stereocenters. The van der Waals surface area contributed by atoms with Crippen LogP contribution < -0.4 is 10.1 Å². The molecule has 0 radical (unpaired) electrons. The Bertz CT molecular complexity index is 1090. The Balaban J connectivity index is 1.70. The highest BCUT2D eigenvalue weighted by Gasteiger charge is 2.27. The highest BCUT2D eigenvalue weighted by Crippen LogP contribution is 2.38. The van der Waals surface area contributed by atoms with E-state index in [1.807, 2.05) is 66.3 Å². The maximum absolute atomic E-state index is 8.40. The summed E-state index contributed by atoms with van der Waals surface area (Å²) in [6, 6.07) is 17.7. The number of hydrogen-bond donors (Lipinski definition) is 2. The molecule has 0 bridgehead atoms. The molecule has 158 valence electrons. The number of nitrogens with one attached hydrogen (secondary N) is 2. The van der Waals surface area contributed by atoms with Gasteiger partial charge in [-0.25, -0.2) is 9.67 Å². The molecule has 0 aliphatic heterocycles. The second kappa shape index (κ2) is 9.00. The summed E-state index contributed by atoms with van der Waals surface area (Å²) in [6.45, 7) is 7.69. The third-order valence-electron chi connectivity index (χ3n) is 5.66. The van der Waals surface area contributed by atoms with E-state index in [0.29, 0.717) is 5.56 Å². The van der Waals surface area contributed by atoms with Gasteiger partial charge in [0.05, 0.1) is 11.6 Å². The molecule has 1 aliphatic rings. The predicted octanol–water partition coefficient (Wildman–Crippen LogP) is 6.08. The van der Waals surface area contributed by atoms with E-state index in [1.54, 1.807) is 0 Å². The smallest absolute Gasteiger partial charge is 0.157 e. The summed E-state index contributed by atoms with van der Waals surface area (Å²) in [5.74, 6) is 2.44. The van der Waals surface area contributed by atoms with Gasteiger partial charge in [-0.3, -0.25) is 5.41 Å². The number of para-hydroxylation sites is 1. The lowest BCUT2D eigenvalue weighted by Gasteiger charge is -2.25. The minimum Gasteiger partial charge on any atom is -0.457 e. The highest BCUT2D eigenvalue weighted by molar-refractivity contribution is 6.08. The first kappa shape index (κ1) is 20.6. The van der Waals surface area contributed by atoms with Gasteiger partial charge in [0.25, 0.3) is 0 Å². The first-order valence-electron chi connectivity index (χ1n) is 10.5. The van der Waals surface area contributed by atoms with Crippen LogP contribution in [0, 0.1) is 5.41 Å². The zero-order valence-corrected chi connectivity index (χ0v) is 17.8. The molecule has 1 heterocycles. The van der Waals surface area contributed by atoms with Crippen molar-refractivity contribution in [2.45, 2.75) is 31.7 Å². The van der Waals surface area contributed by atoms with Crippen LogP contribution >= 0.6 is 0 Å². The summed E-state index contributed by atoms with van der Waals surface area (Å²) in [6.07, 6.45) is 3.99. The lowest BCUT2D eigenvalue weighted by Crippen LogP contribution is -2.17. The van der Waals surface area contributed by atoms with Crippen molar-refractivity contribution >= 4 is 18.4 Å². The molecule has 1 aliphatic carbocycles. The summed E-state index contributed by atoms with van der Waals surface area (Å²) in [5, 5.41) is 16.6. The largest absolute Gasteiger partial charge is 0.457 e. The van der Waals surface area contributed by atoms with Crippen molar-refractivity contribution in [2.24, 2.45) is 4.99 Å². The van der Waals surface area contributed by atoms with E-state index < -0.39 is 0 Å². The van der Waals surface area contributed by atoms with Gasteiger partial charge in [-0.2, -0.15) is 5.10 Å². The zero-order chi connectivity index (χ0) is 21.8. The normalized spacial score (nSPS) is 14.3. The molecule has 1 saturated carbocycles. The minimum absolute atomic E-state index is 0.107. The molecule has 3 aromatic rings. The fourth-order valence-electron chi connectivity index (χ4n) is 4.00. The monoisotopic (exact) mass is 413 g/mol. The van der Waals surface area contributed by atoms with E-state index in [-0.39, 0.29) is 11.9 Å². The molecule has 0 unspecified atom stereocenters. The topological polar surface area (TPSA) is 75.3 Å². The van der Waals surface area contributed by atoms with Crippen LogP contribution in [0.25, 0.3) is 11.3 Å². The second-order valence-corrected chi connectivity index (χ2v) is 7.69. The Morgan fingerprint density at radius 3 is 2.35 bits per heavy atom. The van der Waals surface area contributed by atoms with Gasteiger partial charge in [0.15, 0.2) is 5.84 Å². The number of benzene rings is 2. The molecular weight excluding hydrogens is 386 g/mol. The molecule has 31 heavy (non-hydrogen) atoms. The van der Waals surface area contributed by atoms with Gasteiger partial charge in [-0.15, -0.1) is 0 Å². The van der Waals surface area contributed by atoms with Crippen LogP contribution in [0.5, 0.6) is 11.5 Å². The number of rotatable bonds is 6. The molecule has 6 heteroatoms. The zero-order valence-electron chi connectivity index (χ0n) is 17.8. The maximum atomic E-state index is 8.40. The minimum atomic E-state index is 0.107. The van der Waals surface area contributed by atoms with Crippen LogP contribution in [0.2, 0.25) is 0 Å². The fraction of sp³-hybridized carbons (Fsp3) is 0.240. The van der Waals surface area contributed by atoms with Crippen LogP contribution in [-0.4, -0.2) is 29.4 Å². The highest BCUT2D eigenvalue weighted by atomic mass is 16.5. The SMILES string of the molecule is C=NC(=N)c1c(-c2ccc(Oc3ccccc3)cc2)nn(C2CCC(=C)CC2)c1NC. The lowest BCUT2D eigenvalue weighted by atomic mass is 9.92. The Hall–Kier alpha value is -3.67. The molecule has 2 aromatic carbocycles. The number of ether oxygens (including phenoxy) is 1. The van der Waals surface area contributed by atoms with E-state index in [1.165, 1.54) is 5.57 Å². The molecule has 1 fully saturated rings. The summed E-state index contributed by atoms with van der Waals surface area (Å²) < 4.78 is 7.93. The molecule has 0 saturated heterocycles. The van der Waals surface area contributed by atoms with Crippen molar-refractivity contribution < 1.29 is 4.74 Å². The maximum Gasteiger partial charge on any atom is 0.157 e. The Morgan fingerprint density at radius 1 is 1.10 bits per heavy atom. The van der Waals surface area contributed by atoms with Crippen LogP contribution in [0.15, 0.2) is 71.7 Å². The summed E-state index contributed by atoms with van der Waals surface area (Å²) in [7, 11) is 1.86. The molecule has 2 N–H and O–H groups in total.